The van der Waals surface area contributed by atoms with Gasteiger partial charge in [0.2, 0.25) is 0 Å². The second-order valence-corrected chi connectivity index (χ2v) is 5.34. The largest absolute Gasteiger partial charge is 0.399 e. The van der Waals surface area contributed by atoms with E-state index in [0.29, 0.717) is 13.1 Å². The fraction of sp³-hybridized carbons (Fsp3) is 0.909. The molecule has 0 bridgehead atoms. The molecule has 0 spiro atoms. The Labute approximate surface area is 96.7 Å². The Kier molecular flexibility index (Phi) is 3.93. The molecule has 5 nitrogen and oxygen atoms in total. The molecular formula is C11H22N2O3. The highest BCUT2D eigenvalue weighted by atomic mass is 16.6. The molecule has 1 fully saturated rings. The Morgan fingerprint density at radius 2 is 1.94 bits per heavy atom. The van der Waals surface area contributed by atoms with Gasteiger partial charge in [-0.2, -0.15) is 0 Å². The lowest BCUT2D eigenvalue weighted by Gasteiger charge is -2.33. The summed E-state index contributed by atoms with van der Waals surface area (Å²) in [6.45, 7) is 7.30. The molecule has 0 radical (unpaired) electrons. The number of hydrogen-bond acceptors (Lipinski definition) is 5. The Morgan fingerprint density at radius 3 is 2.31 bits per heavy atom. The van der Waals surface area contributed by atoms with Crippen LogP contribution in [0.15, 0.2) is 5.16 Å². The topological polar surface area (TPSA) is 65.3 Å². The number of likely N-dealkylation sites (tertiary alicyclic amines) is 1. The van der Waals surface area contributed by atoms with Crippen LogP contribution in [0.25, 0.3) is 0 Å². The summed E-state index contributed by atoms with van der Waals surface area (Å²) >= 11 is 0. The number of nitrogens with zero attached hydrogens (tertiary/aromatic N) is 2. The minimum atomic E-state index is -0.663. The van der Waals surface area contributed by atoms with E-state index in [4.69, 9.17) is 4.84 Å². The first kappa shape index (κ1) is 13.4. The van der Waals surface area contributed by atoms with Crippen molar-refractivity contribution in [3.8, 4) is 0 Å². The monoisotopic (exact) mass is 230 g/mol. The first-order valence-corrected chi connectivity index (χ1v) is 5.47. The van der Waals surface area contributed by atoms with Crippen LogP contribution in [0, 0.1) is 5.41 Å². The lowest BCUT2D eigenvalue weighted by atomic mass is 9.87. The lowest BCUT2D eigenvalue weighted by molar-refractivity contribution is 0.0702. The van der Waals surface area contributed by atoms with E-state index in [0.717, 1.165) is 5.71 Å². The van der Waals surface area contributed by atoms with Crippen LogP contribution in [0.4, 0.5) is 0 Å². The van der Waals surface area contributed by atoms with E-state index in [1.54, 1.807) is 0 Å². The van der Waals surface area contributed by atoms with Gasteiger partial charge in [-0.25, -0.2) is 0 Å². The molecule has 0 saturated carbocycles. The molecule has 0 aromatic heterocycles. The average molecular weight is 230 g/mol. The van der Waals surface area contributed by atoms with Crippen molar-refractivity contribution in [2.75, 3.05) is 33.4 Å². The molecule has 5 heteroatoms. The summed E-state index contributed by atoms with van der Waals surface area (Å²) in [6.07, 6.45) is 0. The van der Waals surface area contributed by atoms with Crippen LogP contribution in [0.2, 0.25) is 0 Å². The van der Waals surface area contributed by atoms with E-state index in [1.165, 1.54) is 7.11 Å². The number of rotatable bonds is 3. The molecule has 0 aromatic rings. The van der Waals surface area contributed by atoms with Crippen LogP contribution < -0.4 is 0 Å². The molecule has 0 aliphatic carbocycles. The molecule has 1 heterocycles. The van der Waals surface area contributed by atoms with Gasteiger partial charge in [-0.15, -0.1) is 0 Å². The molecule has 0 unspecified atom stereocenters. The maximum atomic E-state index is 9.47. The van der Waals surface area contributed by atoms with Gasteiger partial charge in [0.25, 0.3) is 0 Å². The van der Waals surface area contributed by atoms with E-state index in [9.17, 15) is 10.2 Å². The third-order valence-electron chi connectivity index (χ3n) is 3.20. The molecule has 0 aromatic carbocycles. The van der Waals surface area contributed by atoms with Gasteiger partial charge < -0.3 is 15.1 Å². The highest BCUT2D eigenvalue weighted by Crippen LogP contribution is 2.32. The van der Waals surface area contributed by atoms with Crippen molar-refractivity contribution in [2.45, 2.75) is 26.3 Å². The van der Waals surface area contributed by atoms with Crippen molar-refractivity contribution in [2.24, 2.45) is 10.6 Å². The maximum Gasteiger partial charge on any atom is 0.106 e. The van der Waals surface area contributed by atoms with Gasteiger partial charge in [-0.05, 0) is 20.8 Å². The van der Waals surface area contributed by atoms with Crippen LogP contribution in [0.3, 0.4) is 0 Å². The summed E-state index contributed by atoms with van der Waals surface area (Å²) in [5.74, 6) is 0. The minimum Gasteiger partial charge on any atom is -0.399 e. The summed E-state index contributed by atoms with van der Waals surface area (Å²) in [7, 11) is 1.48. The van der Waals surface area contributed by atoms with Gasteiger partial charge in [0.1, 0.15) is 7.11 Å². The molecule has 1 aliphatic rings. The van der Waals surface area contributed by atoms with Crippen LogP contribution in [-0.2, 0) is 4.84 Å². The summed E-state index contributed by atoms with van der Waals surface area (Å²) in [4.78, 5) is 6.96. The zero-order valence-electron chi connectivity index (χ0n) is 10.5. The van der Waals surface area contributed by atoms with Gasteiger partial charge in [-0.1, -0.05) is 5.16 Å². The van der Waals surface area contributed by atoms with Crippen LogP contribution >= 0.6 is 0 Å². The second kappa shape index (κ2) is 4.69. The highest BCUT2D eigenvalue weighted by Gasteiger charge is 2.46. The summed E-state index contributed by atoms with van der Waals surface area (Å²) in [5.41, 5.74) is 0.0408. The standard InChI is InChI=1S/C11H22N2O3/c1-10(2,3)13-5-9(12-16-4)11(6-13,7-14)8-15/h14-15H,5-8H2,1-4H3/b12-9-. The highest BCUT2D eigenvalue weighted by molar-refractivity contribution is 5.94. The normalized spacial score (nSPS) is 24.0. The van der Waals surface area contributed by atoms with E-state index in [2.05, 4.69) is 30.8 Å². The number of aliphatic hydroxyl groups is 2. The van der Waals surface area contributed by atoms with Crippen LogP contribution in [0.1, 0.15) is 20.8 Å². The fourth-order valence-electron chi connectivity index (χ4n) is 1.90. The molecule has 1 rings (SSSR count). The van der Waals surface area contributed by atoms with Gasteiger partial charge in [0.15, 0.2) is 0 Å². The molecule has 16 heavy (non-hydrogen) atoms. The van der Waals surface area contributed by atoms with Crippen molar-refractivity contribution < 1.29 is 15.1 Å². The van der Waals surface area contributed by atoms with E-state index >= 15 is 0 Å². The van der Waals surface area contributed by atoms with Crippen LogP contribution in [-0.4, -0.2) is 59.8 Å². The number of oxime groups is 1. The second-order valence-electron chi connectivity index (χ2n) is 5.34. The molecular weight excluding hydrogens is 208 g/mol. The average Bonchev–Trinajstić information content (AvgIpc) is 2.58. The molecule has 1 aliphatic heterocycles. The van der Waals surface area contributed by atoms with Crippen molar-refractivity contribution in [3.05, 3.63) is 0 Å². The van der Waals surface area contributed by atoms with Crippen LogP contribution in [0.5, 0.6) is 0 Å². The van der Waals surface area contributed by atoms with E-state index in [-0.39, 0.29) is 18.8 Å². The Morgan fingerprint density at radius 1 is 1.38 bits per heavy atom. The Bertz CT molecular complexity index is 267. The first-order chi connectivity index (χ1) is 7.39. The SMILES string of the molecule is CO/N=C1/CN(C(C)(C)C)CC1(CO)CO. The third kappa shape index (κ3) is 2.36. The van der Waals surface area contributed by atoms with Crippen molar-refractivity contribution >= 4 is 5.71 Å². The van der Waals surface area contributed by atoms with Gasteiger partial charge in [0, 0.05) is 18.6 Å². The zero-order chi connectivity index (χ0) is 12.4. The van der Waals surface area contributed by atoms with Gasteiger partial charge in [0.05, 0.1) is 24.3 Å². The third-order valence-corrected chi connectivity index (χ3v) is 3.20. The zero-order valence-corrected chi connectivity index (χ0v) is 10.5. The first-order valence-electron chi connectivity index (χ1n) is 5.47. The van der Waals surface area contributed by atoms with Crippen molar-refractivity contribution in [1.82, 2.24) is 4.90 Å². The fourth-order valence-corrected chi connectivity index (χ4v) is 1.90. The number of hydrogen-bond donors (Lipinski definition) is 2. The predicted molar refractivity (Wildman–Crippen MR) is 62.4 cm³/mol. The Balaban J connectivity index is 2.97. The predicted octanol–water partition coefficient (Wildman–Crippen LogP) is 0.0739. The maximum absolute atomic E-state index is 9.47. The van der Waals surface area contributed by atoms with E-state index in [1.807, 2.05) is 0 Å². The van der Waals surface area contributed by atoms with Gasteiger partial charge in [-0.3, -0.25) is 4.90 Å². The summed E-state index contributed by atoms with van der Waals surface area (Å²) < 4.78 is 0. The molecule has 94 valence electrons. The molecule has 0 amide bonds. The smallest absolute Gasteiger partial charge is 0.106 e. The summed E-state index contributed by atoms with van der Waals surface area (Å²) in [6, 6.07) is 0. The molecule has 1 saturated heterocycles. The quantitative estimate of drug-likeness (QED) is 0.674. The van der Waals surface area contributed by atoms with E-state index < -0.39 is 5.41 Å². The number of aliphatic hydroxyl groups excluding tert-OH is 2. The molecule has 2 N–H and O–H groups in total. The lowest BCUT2D eigenvalue weighted by Crippen LogP contribution is -2.43. The van der Waals surface area contributed by atoms with Crippen molar-refractivity contribution in [3.63, 3.8) is 0 Å². The van der Waals surface area contributed by atoms with Crippen molar-refractivity contribution in [1.29, 1.82) is 0 Å². The molecule has 0 atom stereocenters. The summed E-state index contributed by atoms with van der Waals surface area (Å²) in [5, 5.41) is 22.9. The minimum absolute atomic E-state index is 0.0133. The Hall–Kier alpha value is -0.650. The van der Waals surface area contributed by atoms with Gasteiger partial charge >= 0.3 is 0 Å².